The Labute approximate surface area is 178 Å². The van der Waals surface area contributed by atoms with E-state index < -0.39 is 36.2 Å². The lowest BCUT2D eigenvalue weighted by molar-refractivity contribution is -0.0533. The molecule has 2 aromatic rings. The molecule has 32 heavy (non-hydrogen) atoms. The van der Waals surface area contributed by atoms with E-state index in [1.165, 1.54) is 19.9 Å². The summed E-state index contributed by atoms with van der Waals surface area (Å²) in [5.41, 5.74) is -0.717. The summed E-state index contributed by atoms with van der Waals surface area (Å²) in [6.07, 6.45) is 1.96. The molecule has 0 fully saturated rings. The number of alkyl halides is 2. The van der Waals surface area contributed by atoms with Crippen molar-refractivity contribution in [1.82, 2.24) is 14.5 Å². The van der Waals surface area contributed by atoms with Crippen LogP contribution in [0.25, 0.3) is 0 Å². The first kappa shape index (κ1) is 24.7. The van der Waals surface area contributed by atoms with Crippen LogP contribution in [0.5, 0.6) is 5.88 Å². The van der Waals surface area contributed by atoms with Gasteiger partial charge < -0.3 is 14.6 Å². The topological polar surface area (TPSA) is 69.0 Å². The molecule has 1 N–H and O–H groups in total. The fraction of sp³-hybridized carbons (Fsp3) is 0.250. The molecule has 6 nitrogen and oxygen atoms in total. The molecule has 172 valence electrons. The second-order valence-corrected chi connectivity index (χ2v) is 6.54. The fourth-order valence-corrected chi connectivity index (χ4v) is 2.62. The predicted octanol–water partition coefficient (Wildman–Crippen LogP) is 5.32. The van der Waals surface area contributed by atoms with Gasteiger partial charge >= 0.3 is 12.2 Å². The molecule has 0 amide bonds. The van der Waals surface area contributed by atoms with Gasteiger partial charge in [-0.25, -0.2) is 18.2 Å². The van der Waals surface area contributed by atoms with Gasteiger partial charge in [0.2, 0.25) is 17.6 Å². The van der Waals surface area contributed by atoms with Crippen molar-refractivity contribution in [1.29, 1.82) is 0 Å². The van der Waals surface area contributed by atoms with Gasteiger partial charge in [0.15, 0.2) is 5.83 Å². The van der Waals surface area contributed by atoms with E-state index in [0.717, 1.165) is 23.8 Å². The SMILES string of the molecule is C\C(F)=C/C(=C\C(F)=C\F)Cn1cc(F)c(=O)nc1Nc1cc(C)c(OC(F)F)nc1C. The van der Waals surface area contributed by atoms with E-state index >= 15 is 0 Å². The number of aromatic nitrogens is 3. The molecule has 0 saturated heterocycles. The van der Waals surface area contributed by atoms with Gasteiger partial charge in [-0.1, -0.05) is 0 Å². The summed E-state index contributed by atoms with van der Waals surface area (Å²) < 4.78 is 83.3. The second-order valence-electron chi connectivity index (χ2n) is 6.54. The molecule has 0 unspecified atom stereocenters. The Bertz CT molecular complexity index is 1140. The van der Waals surface area contributed by atoms with Crippen LogP contribution in [0.2, 0.25) is 0 Å². The van der Waals surface area contributed by atoms with Crippen molar-refractivity contribution in [3.05, 3.63) is 75.4 Å². The van der Waals surface area contributed by atoms with Crippen LogP contribution in [0.4, 0.5) is 38.0 Å². The molecular formula is C20H18F6N4O2. The summed E-state index contributed by atoms with van der Waals surface area (Å²) in [4.78, 5) is 19.2. The molecular weight excluding hydrogens is 442 g/mol. The lowest BCUT2D eigenvalue weighted by Crippen LogP contribution is -2.20. The normalized spacial score (nSPS) is 13.0. The van der Waals surface area contributed by atoms with Crippen molar-refractivity contribution >= 4 is 11.6 Å². The van der Waals surface area contributed by atoms with E-state index in [1.54, 1.807) is 0 Å². The molecule has 0 aliphatic rings. The Morgan fingerprint density at radius 2 is 1.94 bits per heavy atom. The molecule has 0 saturated carbocycles. The number of allylic oxidation sites excluding steroid dienone is 5. The average molecular weight is 460 g/mol. The molecule has 2 rings (SSSR count). The van der Waals surface area contributed by atoms with Crippen molar-refractivity contribution in [2.45, 2.75) is 33.9 Å². The lowest BCUT2D eigenvalue weighted by Gasteiger charge is -2.17. The number of halogens is 6. The summed E-state index contributed by atoms with van der Waals surface area (Å²) in [6, 6.07) is 1.38. The van der Waals surface area contributed by atoms with E-state index in [9.17, 15) is 31.1 Å². The maximum Gasteiger partial charge on any atom is 0.388 e. The van der Waals surface area contributed by atoms with Crippen molar-refractivity contribution in [3.8, 4) is 5.88 Å². The zero-order valence-corrected chi connectivity index (χ0v) is 17.1. The van der Waals surface area contributed by atoms with E-state index in [0.29, 0.717) is 6.08 Å². The Kier molecular flexibility index (Phi) is 8.21. The van der Waals surface area contributed by atoms with Gasteiger partial charge in [-0.3, -0.25) is 4.79 Å². The number of rotatable bonds is 8. The van der Waals surface area contributed by atoms with Crippen molar-refractivity contribution in [2.75, 3.05) is 5.32 Å². The van der Waals surface area contributed by atoms with E-state index in [4.69, 9.17) is 0 Å². The summed E-state index contributed by atoms with van der Waals surface area (Å²) in [6.45, 7) is 0.470. The van der Waals surface area contributed by atoms with Crippen LogP contribution in [-0.2, 0) is 6.54 Å². The highest BCUT2D eigenvalue weighted by Gasteiger charge is 2.15. The molecule has 0 atom stereocenters. The van der Waals surface area contributed by atoms with E-state index in [-0.39, 0.29) is 40.7 Å². The lowest BCUT2D eigenvalue weighted by atomic mass is 10.2. The molecule has 0 aromatic carbocycles. The molecule has 0 aliphatic carbocycles. The van der Waals surface area contributed by atoms with E-state index in [1.807, 2.05) is 0 Å². The smallest absolute Gasteiger partial charge is 0.388 e. The van der Waals surface area contributed by atoms with Gasteiger partial charge in [0, 0.05) is 11.8 Å². The number of nitrogens with one attached hydrogen (secondary N) is 1. The summed E-state index contributed by atoms with van der Waals surface area (Å²) in [7, 11) is 0. The maximum atomic E-state index is 13.9. The first-order chi connectivity index (χ1) is 15.0. The molecule has 0 aliphatic heterocycles. The van der Waals surface area contributed by atoms with Gasteiger partial charge in [0.25, 0.3) is 0 Å². The molecule has 0 bridgehead atoms. The second kappa shape index (κ2) is 10.6. The number of aryl methyl sites for hydroxylation is 2. The number of ether oxygens (including phenoxy) is 1. The standard InChI is InChI=1S/C20H18F6N4O2/c1-10-4-16(12(3)27-18(10)32-19(25)26)28-20-29-17(31)15(24)9-30(20)8-13(5-11(2)22)6-14(23)7-21/h4-7,9,19H,8H2,1-3H3,(H,28,29,31)/b11-5+,13-6+,14-7-. The fourth-order valence-electron chi connectivity index (χ4n) is 2.62. The third-order valence-electron chi connectivity index (χ3n) is 3.92. The highest BCUT2D eigenvalue weighted by Crippen LogP contribution is 2.26. The van der Waals surface area contributed by atoms with Crippen LogP contribution in [0, 0.1) is 19.7 Å². The predicted molar refractivity (Wildman–Crippen MR) is 105 cm³/mol. The van der Waals surface area contributed by atoms with E-state index in [2.05, 4.69) is 20.0 Å². The van der Waals surface area contributed by atoms with Gasteiger partial charge in [0.1, 0.15) is 6.33 Å². The average Bonchev–Trinajstić information content (AvgIpc) is 2.68. The van der Waals surface area contributed by atoms with Crippen molar-refractivity contribution in [2.24, 2.45) is 0 Å². The van der Waals surface area contributed by atoms with Crippen LogP contribution >= 0.6 is 0 Å². The first-order valence-electron chi connectivity index (χ1n) is 8.97. The number of nitrogens with zero attached hydrogens (tertiary/aromatic N) is 3. The molecule has 12 heteroatoms. The van der Waals surface area contributed by atoms with Crippen LogP contribution in [-0.4, -0.2) is 21.1 Å². The zero-order chi connectivity index (χ0) is 24.0. The summed E-state index contributed by atoms with van der Waals surface area (Å²) in [5, 5.41) is 2.71. The van der Waals surface area contributed by atoms with Crippen LogP contribution in [0.3, 0.4) is 0 Å². The third kappa shape index (κ3) is 6.72. The minimum Gasteiger partial charge on any atom is -0.417 e. The maximum absolute atomic E-state index is 13.9. The number of hydrogen-bond acceptors (Lipinski definition) is 5. The third-order valence-corrected chi connectivity index (χ3v) is 3.92. The summed E-state index contributed by atoms with van der Waals surface area (Å²) >= 11 is 0. The first-order valence-corrected chi connectivity index (χ1v) is 8.97. The zero-order valence-electron chi connectivity index (χ0n) is 17.1. The Morgan fingerprint density at radius 3 is 2.53 bits per heavy atom. The van der Waals surface area contributed by atoms with Gasteiger partial charge in [-0.2, -0.15) is 18.2 Å². The van der Waals surface area contributed by atoms with Gasteiger partial charge in [-0.15, -0.1) is 0 Å². The number of pyridine rings is 1. The molecule has 0 radical (unpaired) electrons. The minimum absolute atomic E-state index is 0.115. The largest absolute Gasteiger partial charge is 0.417 e. The highest BCUT2D eigenvalue weighted by molar-refractivity contribution is 5.59. The minimum atomic E-state index is -3.08. The van der Waals surface area contributed by atoms with Gasteiger partial charge in [-0.05, 0) is 44.6 Å². The summed E-state index contributed by atoms with van der Waals surface area (Å²) in [5.74, 6) is -3.86. The van der Waals surface area contributed by atoms with Crippen LogP contribution < -0.4 is 15.6 Å². The number of hydrogen-bond donors (Lipinski definition) is 1. The Balaban J connectivity index is 2.51. The van der Waals surface area contributed by atoms with Crippen molar-refractivity contribution < 1.29 is 31.1 Å². The van der Waals surface area contributed by atoms with Crippen LogP contribution in [0.15, 0.2) is 52.8 Å². The van der Waals surface area contributed by atoms with Crippen LogP contribution in [0.1, 0.15) is 18.2 Å². The molecule has 2 heterocycles. The highest BCUT2D eigenvalue weighted by atomic mass is 19.3. The number of anilines is 2. The molecule has 2 aromatic heterocycles. The van der Waals surface area contributed by atoms with Gasteiger partial charge in [0.05, 0.1) is 23.8 Å². The monoisotopic (exact) mass is 460 g/mol. The Morgan fingerprint density at radius 1 is 1.25 bits per heavy atom. The Hall–Kier alpha value is -3.57. The quantitative estimate of drug-likeness (QED) is 0.427. The molecule has 0 spiro atoms. The van der Waals surface area contributed by atoms with Crippen molar-refractivity contribution in [3.63, 3.8) is 0 Å².